The Bertz CT molecular complexity index is 209. The number of piperazine rings is 1. The molecule has 0 aromatic carbocycles. The summed E-state index contributed by atoms with van der Waals surface area (Å²) in [4.78, 5) is 2.70. The van der Waals surface area contributed by atoms with E-state index in [-0.39, 0.29) is 0 Å². The van der Waals surface area contributed by atoms with Crippen molar-refractivity contribution in [3.05, 3.63) is 0 Å². The van der Waals surface area contributed by atoms with E-state index in [1.165, 1.54) is 64.7 Å². The molecule has 1 N–H and O–H groups in total. The van der Waals surface area contributed by atoms with E-state index in [0.717, 1.165) is 17.9 Å². The van der Waals surface area contributed by atoms with Gasteiger partial charge in [0.2, 0.25) is 0 Å². The average molecular weight is 238 g/mol. The maximum Gasteiger partial charge on any atom is 0.0197 e. The van der Waals surface area contributed by atoms with E-state index in [9.17, 15) is 0 Å². The van der Waals surface area contributed by atoms with Gasteiger partial charge in [-0.15, -0.1) is 0 Å². The Hall–Kier alpha value is -0.0800. The summed E-state index contributed by atoms with van der Waals surface area (Å²) in [6.07, 6.45) is 8.77. The van der Waals surface area contributed by atoms with Crippen molar-refractivity contribution in [2.45, 2.75) is 58.4 Å². The lowest BCUT2D eigenvalue weighted by molar-refractivity contribution is 0.176. The zero-order chi connectivity index (χ0) is 12.1. The molecule has 0 aromatic rings. The predicted molar refractivity (Wildman–Crippen MR) is 74.3 cm³/mol. The van der Waals surface area contributed by atoms with E-state index >= 15 is 0 Å². The van der Waals surface area contributed by atoms with Gasteiger partial charge in [0, 0.05) is 25.7 Å². The van der Waals surface area contributed by atoms with Crippen LogP contribution in [0.2, 0.25) is 0 Å². The van der Waals surface area contributed by atoms with E-state index in [1.807, 2.05) is 0 Å². The average Bonchev–Trinajstić information content (AvgIpc) is 2.79. The molecule has 100 valence electrons. The summed E-state index contributed by atoms with van der Waals surface area (Å²) in [5.74, 6) is 1.87. The van der Waals surface area contributed by atoms with Crippen LogP contribution in [0.1, 0.15) is 52.4 Å². The summed E-state index contributed by atoms with van der Waals surface area (Å²) in [5.41, 5.74) is 0. The zero-order valence-corrected chi connectivity index (χ0v) is 11.8. The molecule has 0 aromatic heterocycles. The van der Waals surface area contributed by atoms with Gasteiger partial charge in [0.1, 0.15) is 0 Å². The maximum absolute atomic E-state index is 3.67. The van der Waals surface area contributed by atoms with Crippen LogP contribution in [0.25, 0.3) is 0 Å². The second kappa shape index (κ2) is 6.75. The van der Waals surface area contributed by atoms with Gasteiger partial charge < -0.3 is 10.2 Å². The van der Waals surface area contributed by atoms with Gasteiger partial charge in [-0.25, -0.2) is 0 Å². The fourth-order valence-electron chi connectivity index (χ4n) is 3.49. The molecule has 1 aliphatic carbocycles. The van der Waals surface area contributed by atoms with Crippen molar-refractivity contribution < 1.29 is 0 Å². The molecule has 1 atom stereocenters. The van der Waals surface area contributed by atoms with Gasteiger partial charge in [0.25, 0.3) is 0 Å². The van der Waals surface area contributed by atoms with E-state index in [1.54, 1.807) is 0 Å². The minimum absolute atomic E-state index is 0.743. The molecule has 1 saturated carbocycles. The lowest BCUT2D eigenvalue weighted by Crippen LogP contribution is -2.51. The van der Waals surface area contributed by atoms with E-state index in [0.29, 0.717) is 0 Å². The Balaban J connectivity index is 1.65. The molecule has 0 amide bonds. The second-order valence-electron chi connectivity index (χ2n) is 6.52. The van der Waals surface area contributed by atoms with Crippen LogP contribution in [0, 0.1) is 11.8 Å². The normalized spacial score (nSPS) is 28.1. The van der Waals surface area contributed by atoms with Crippen molar-refractivity contribution in [2.75, 3.05) is 26.2 Å². The quantitative estimate of drug-likeness (QED) is 0.792. The highest BCUT2D eigenvalue weighted by atomic mass is 15.2. The summed E-state index contributed by atoms with van der Waals surface area (Å²) >= 11 is 0. The van der Waals surface area contributed by atoms with Gasteiger partial charge in [-0.2, -0.15) is 0 Å². The topological polar surface area (TPSA) is 15.3 Å². The molecule has 2 heteroatoms. The molecule has 2 aliphatic rings. The number of hydrogen-bond acceptors (Lipinski definition) is 2. The molecule has 2 fully saturated rings. The molecule has 1 aliphatic heterocycles. The third-order valence-corrected chi connectivity index (χ3v) is 4.42. The summed E-state index contributed by atoms with van der Waals surface area (Å²) in [6, 6.07) is 0.743. The van der Waals surface area contributed by atoms with Crippen molar-refractivity contribution in [1.29, 1.82) is 0 Å². The van der Waals surface area contributed by atoms with Crippen molar-refractivity contribution in [2.24, 2.45) is 11.8 Å². The molecule has 1 saturated heterocycles. The minimum atomic E-state index is 0.743. The fourth-order valence-corrected chi connectivity index (χ4v) is 3.49. The largest absolute Gasteiger partial charge is 0.311 e. The predicted octanol–water partition coefficient (Wildman–Crippen LogP) is 2.89. The van der Waals surface area contributed by atoms with Crippen molar-refractivity contribution in [1.82, 2.24) is 10.2 Å². The van der Waals surface area contributed by atoms with Crippen LogP contribution in [0.4, 0.5) is 0 Å². The van der Waals surface area contributed by atoms with Crippen LogP contribution in [0.5, 0.6) is 0 Å². The first-order chi connectivity index (χ1) is 8.24. The smallest absolute Gasteiger partial charge is 0.0197 e. The van der Waals surface area contributed by atoms with Crippen molar-refractivity contribution in [3.8, 4) is 0 Å². The Kier molecular flexibility index (Phi) is 5.30. The van der Waals surface area contributed by atoms with Crippen molar-refractivity contribution >= 4 is 0 Å². The molecule has 1 unspecified atom stereocenters. The highest BCUT2D eigenvalue weighted by molar-refractivity contribution is 4.80. The van der Waals surface area contributed by atoms with Crippen LogP contribution in [-0.2, 0) is 0 Å². The van der Waals surface area contributed by atoms with E-state index in [2.05, 4.69) is 24.1 Å². The van der Waals surface area contributed by atoms with Crippen LogP contribution >= 0.6 is 0 Å². The molecule has 1 heterocycles. The maximum atomic E-state index is 3.67. The monoisotopic (exact) mass is 238 g/mol. The molecule has 0 spiro atoms. The van der Waals surface area contributed by atoms with Crippen LogP contribution < -0.4 is 5.32 Å². The first kappa shape index (κ1) is 13.4. The first-order valence-corrected chi connectivity index (χ1v) is 7.70. The summed E-state index contributed by atoms with van der Waals surface area (Å²) in [5, 5.41) is 3.67. The molecular weight excluding hydrogens is 208 g/mol. The van der Waals surface area contributed by atoms with E-state index in [4.69, 9.17) is 0 Å². The van der Waals surface area contributed by atoms with Crippen molar-refractivity contribution in [3.63, 3.8) is 0 Å². The lowest BCUT2D eigenvalue weighted by Gasteiger charge is -2.35. The summed E-state index contributed by atoms with van der Waals surface area (Å²) in [7, 11) is 0. The van der Waals surface area contributed by atoms with Gasteiger partial charge >= 0.3 is 0 Å². The lowest BCUT2D eigenvalue weighted by atomic mass is 10.0. The van der Waals surface area contributed by atoms with Crippen LogP contribution in [0.3, 0.4) is 0 Å². The summed E-state index contributed by atoms with van der Waals surface area (Å²) in [6.45, 7) is 9.76. The molecule has 2 nitrogen and oxygen atoms in total. The molecule has 0 bridgehead atoms. The van der Waals surface area contributed by atoms with Gasteiger partial charge in [0.15, 0.2) is 0 Å². The molecule has 2 rings (SSSR count). The number of nitrogens with one attached hydrogen (secondary N) is 1. The third-order valence-electron chi connectivity index (χ3n) is 4.42. The Morgan fingerprint density at radius 1 is 1.24 bits per heavy atom. The summed E-state index contributed by atoms with van der Waals surface area (Å²) < 4.78 is 0. The first-order valence-electron chi connectivity index (χ1n) is 7.70. The van der Waals surface area contributed by atoms with Crippen LogP contribution in [-0.4, -0.2) is 37.1 Å². The minimum Gasteiger partial charge on any atom is -0.311 e. The Labute approximate surface area is 107 Å². The molecule has 0 radical (unpaired) electrons. The SMILES string of the molecule is CC(C)CC1CN(CCC2CCCC2)CCN1. The zero-order valence-electron chi connectivity index (χ0n) is 11.8. The highest BCUT2D eigenvalue weighted by Crippen LogP contribution is 2.27. The number of rotatable bonds is 5. The standard InChI is InChI=1S/C15H30N2/c1-13(2)11-15-12-17(10-8-16-15)9-7-14-5-3-4-6-14/h13-16H,3-12H2,1-2H3. The number of hydrogen-bond donors (Lipinski definition) is 1. The van der Waals surface area contributed by atoms with Crippen LogP contribution in [0.15, 0.2) is 0 Å². The second-order valence-corrected chi connectivity index (χ2v) is 6.52. The molecule has 17 heavy (non-hydrogen) atoms. The van der Waals surface area contributed by atoms with Gasteiger partial charge in [-0.3, -0.25) is 0 Å². The third kappa shape index (κ3) is 4.59. The molecular formula is C15H30N2. The van der Waals surface area contributed by atoms with Gasteiger partial charge in [-0.05, 0) is 31.2 Å². The Morgan fingerprint density at radius 2 is 2.00 bits per heavy atom. The fraction of sp³-hybridized carbons (Fsp3) is 1.00. The van der Waals surface area contributed by atoms with E-state index < -0.39 is 0 Å². The number of nitrogens with zero attached hydrogens (tertiary/aromatic N) is 1. The Morgan fingerprint density at radius 3 is 2.71 bits per heavy atom. The van der Waals surface area contributed by atoms with Gasteiger partial charge in [-0.1, -0.05) is 39.5 Å². The highest BCUT2D eigenvalue weighted by Gasteiger charge is 2.21. The van der Waals surface area contributed by atoms with Gasteiger partial charge in [0.05, 0.1) is 0 Å².